The third-order valence-electron chi connectivity index (χ3n) is 4.23. The first-order valence-electron chi connectivity index (χ1n) is 8.16. The molecule has 2 aromatic heterocycles. The van der Waals surface area contributed by atoms with Gasteiger partial charge in [-0.15, -0.1) is 0 Å². The Morgan fingerprint density at radius 1 is 1.57 bits per heavy atom. The van der Waals surface area contributed by atoms with Crippen molar-refractivity contribution in [3.8, 4) is 11.5 Å². The highest BCUT2D eigenvalue weighted by atomic mass is 32.1. The lowest BCUT2D eigenvalue weighted by Gasteiger charge is -2.32. The number of carbonyl (C=O) groups is 1. The Labute approximate surface area is 140 Å². The molecular weight excluding hydrogens is 310 g/mol. The maximum absolute atomic E-state index is 11.6. The van der Waals surface area contributed by atoms with E-state index in [1.807, 2.05) is 30.7 Å². The van der Waals surface area contributed by atoms with Crippen molar-refractivity contribution in [2.24, 2.45) is 0 Å². The number of nitrogens with zero attached hydrogens (tertiary/aromatic N) is 2. The van der Waals surface area contributed by atoms with Crippen LogP contribution in [0.25, 0.3) is 11.5 Å². The molecule has 6 heteroatoms. The highest BCUT2D eigenvalue weighted by Crippen LogP contribution is 2.25. The molecule has 0 bridgehead atoms. The van der Waals surface area contributed by atoms with Crippen LogP contribution in [-0.2, 0) is 11.3 Å². The van der Waals surface area contributed by atoms with Gasteiger partial charge < -0.3 is 9.73 Å². The second-order valence-corrected chi connectivity index (χ2v) is 6.81. The molecule has 1 aliphatic heterocycles. The summed E-state index contributed by atoms with van der Waals surface area (Å²) in [4.78, 5) is 18.6. The van der Waals surface area contributed by atoms with Crippen molar-refractivity contribution in [1.82, 2.24) is 15.2 Å². The van der Waals surface area contributed by atoms with Gasteiger partial charge in [-0.2, -0.15) is 11.3 Å². The van der Waals surface area contributed by atoms with Gasteiger partial charge >= 0.3 is 0 Å². The zero-order valence-electron chi connectivity index (χ0n) is 13.7. The van der Waals surface area contributed by atoms with Crippen LogP contribution in [0, 0.1) is 6.92 Å². The number of piperidine rings is 1. The molecule has 0 aliphatic carbocycles. The van der Waals surface area contributed by atoms with Crippen LogP contribution in [0.2, 0.25) is 0 Å². The van der Waals surface area contributed by atoms with E-state index in [2.05, 4.69) is 15.2 Å². The maximum atomic E-state index is 11.6. The van der Waals surface area contributed by atoms with Gasteiger partial charge in [0.15, 0.2) is 0 Å². The van der Waals surface area contributed by atoms with Gasteiger partial charge in [-0.1, -0.05) is 6.92 Å². The standard InChI is InChI=1S/C17H23N3O2S/c1-3-16(21)18-14-5-4-7-20(9-14)10-15-12(2)22-17(19-15)13-6-8-23-11-13/h6,8,11,14H,3-5,7,9-10H2,1-2H3,(H,18,21). The van der Waals surface area contributed by atoms with E-state index < -0.39 is 0 Å². The Balaban J connectivity index is 1.64. The Morgan fingerprint density at radius 3 is 3.17 bits per heavy atom. The van der Waals surface area contributed by atoms with E-state index in [-0.39, 0.29) is 11.9 Å². The summed E-state index contributed by atoms with van der Waals surface area (Å²) in [5, 5.41) is 7.18. The lowest BCUT2D eigenvalue weighted by atomic mass is 10.1. The summed E-state index contributed by atoms with van der Waals surface area (Å²) >= 11 is 1.64. The number of amides is 1. The van der Waals surface area contributed by atoms with Crippen LogP contribution in [-0.4, -0.2) is 34.9 Å². The van der Waals surface area contributed by atoms with Gasteiger partial charge in [0, 0.05) is 36.5 Å². The third kappa shape index (κ3) is 4.00. The quantitative estimate of drug-likeness (QED) is 0.913. The lowest BCUT2D eigenvalue weighted by Crippen LogP contribution is -2.47. The zero-order valence-corrected chi connectivity index (χ0v) is 14.5. The van der Waals surface area contributed by atoms with Crippen molar-refractivity contribution in [1.29, 1.82) is 0 Å². The molecule has 5 nitrogen and oxygen atoms in total. The number of nitrogens with one attached hydrogen (secondary N) is 1. The van der Waals surface area contributed by atoms with Crippen LogP contribution in [0.4, 0.5) is 0 Å². The summed E-state index contributed by atoms with van der Waals surface area (Å²) in [6.07, 6.45) is 2.70. The molecule has 1 atom stereocenters. The van der Waals surface area contributed by atoms with Crippen molar-refractivity contribution in [2.75, 3.05) is 13.1 Å². The summed E-state index contributed by atoms with van der Waals surface area (Å²) in [5.41, 5.74) is 2.03. The van der Waals surface area contributed by atoms with E-state index >= 15 is 0 Å². The number of hydrogen-bond acceptors (Lipinski definition) is 5. The van der Waals surface area contributed by atoms with Crippen molar-refractivity contribution in [3.63, 3.8) is 0 Å². The zero-order chi connectivity index (χ0) is 16.2. The molecule has 1 N–H and O–H groups in total. The Kier molecular flexibility index (Phi) is 5.13. The summed E-state index contributed by atoms with van der Waals surface area (Å²) in [6, 6.07) is 2.27. The van der Waals surface area contributed by atoms with Crippen LogP contribution in [0.15, 0.2) is 21.2 Å². The van der Waals surface area contributed by atoms with E-state index in [0.717, 1.165) is 49.5 Å². The van der Waals surface area contributed by atoms with E-state index in [4.69, 9.17) is 4.42 Å². The van der Waals surface area contributed by atoms with Gasteiger partial charge in [-0.05, 0) is 37.8 Å². The summed E-state index contributed by atoms with van der Waals surface area (Å²) in [6.45, 7) is 6.56. The smallest absolute Gasteiger partial charge is 0.227 e. The molecule has 1 unspecified atom stereocenters. The molecular formula is C17H23N3O2S. The molecule has 0 radical (unpaired) electrons. The predicted molar refractivity (Wildman–Crippen MR) is 91.3 cm³/mol. The minimum absolute atomic E-state index is 0.134. The molecule has 0 spiro atoms. The molecule has 124 valence electrons. The van der Waals surface area contributed by atoms with E-state index in [0.29, 0.717) is 12.3 Å². The van der Waals surface area contributed by atoms with Gasteiger partial charge in [-0.25, -0.2) is 4.98 Å². The summed E-state index contributed by atoms with van der Waals surface area (Å²) in [5.74, 6) is 1.71. The second-order valence-electron chi connectivity index (χ2n) is 6.03. The molecule has 1 amide bonds. The van der Waals surface area contributed by atoms with Gasteiger partial charge in [0.05, 0.1) is 5.69 Å². The minimum Gasteiger partial charge on any atom is -0.441 e. The van der Waals surface area contributed by atoms with E-state index in [1.54, 1.807) is 11.3 Å². The van der Waals surface area contributed by atoms with Gasteiger partial charge in [0.25, 0.3) is 0 Å². The van der Waals surface area contributed by atoms with Crippen molar-refractivity contribution in [3.05, 3.63) is 28.3 Å². The van der Waals surface area contributed by atoms with E-state index in [9.17, 15) is 4.79 Å². The normalized spacial score (nSPS) is 19.0. The number of hydrogen-bond donors (Lipinski definition) is 1. The average molecular weight is 333 g/mol. The van der Waals surface area contributed by atoms with E-state index in [1.165, 1.54) is 0 Å². The SMILES string of the molecule is CCC(=O)NC1CCCN(Cc2nc(-c3ccsc3)oc2C)C1. The van der Waals surface area contributed by atoms with Gasteiger partial charge in [-0.3, -0.25) is 9.69 Å². The summed E-state index contributed by atoms with van der Waals surface area (Å²) in [7, 11) is 0. The van der Waals surface area contributed by atoms with Crippen molar-refractivity contribution < 1.29 is 9.21 Å². The number of rotatable bonds is 5. The van der Waals surface area contributed by atoms with Crippen LogP contribution in [0.1, 0.15) is 37.6 Å². The largest absolute Gasteiger partial charge is 0.441 e. The summed E-state index contributed by atoms with van der Waals surface area (Å²) < 4.78 is 5.81. The number of aryl methyl sites for hydroxylation is 1. The molecule has 2 aromatic rings. The fraction of sp³-hybridized carbons (Fsp3) is 0.529. The molecule has 0 aromatic carbocycles. The van der Waals surface area contributed by atoms with Crippen LogP contribution in [0.5, 0.6) is 0 Å². The maximum Gasteiger partial charge on any atom is 0.227 e. The van der Waals surface area contributed by atoms with Gasteiger partial charge in [0.1, 0.15) is 5.76 Å². The molecule has 1 aliphatic rings. The average Bonchev–Trinajstić information content (AvgIpc) is 3.18. The Bertz CT molecular complexity index is 651. The number of carbonyl (C=O) groups excluding carboxylic acids is 1. The molecule has 1 saturated heterocycles. The highest BCUT2D eigenvalue weighted by Gasteiger charge is 2.23. The van der Waals surface area contributed by atoms with Crippen LogP contribution < -0.4 is 5.32 Å². The molecule has 3 heterocycles. The van der Waals surface area contributed by atoms with Crippen LogP contribution >= 0.6 is 11.3 Å². The number of aromatic nitrogens is 1. The fourth-order valence-electron chi connectivity index (χ4n) is 2.94. The first kappa shape index (κ1) is 16.2. The predicted octanol–water partition coefficient (Wildman–Crippen LogP) is 3.20. The van der Waals surface area contributed by atoms with Crippen molar-refractivity contribution >= 4 is 17.2 Å². The Morgan fingerprint density at radius 2 is 2.43 bits per heavy atom. The van der Waals surface area contributed by atoms with Gasteiger partial charge in [0.2, 0.25) is 11.8 Å². The number of thiophene rings is 1. The fourth-order valence-corrected chi connectivity index (χ4v) is 3.57. The van der Waals surface area contributed by atoms with Crippen molar-refractivity contribution in [2.45, 2.75) is 45.7 Å². The number of likely N-dealkylation sites (tertiary alicyclic amines) is 1. The highest BCUT2D eigenvalue weighted by molar-refractivity contribution is 7.08. The second kappa shape index (κ2) is 7.27. The molecule has 0 saturated carbocycles. The number of oxazole rings is 1. The molecule has 23 heavy (non-hydrogen) atoms. The monoisotopic (exact) mass is 333 g/mol. The first-order chi connectivity index (χ1) is 11.2. The van der Waals surface area contributed by atoms with Crippen LogP contribution in [0.3, 0.4) is 0 Å². The topological polar surface area (TPSA) is 58.4 Å². The molecule has 1 fully saturated rings. The molecule has 3 rings (SSSR count). The third-order valence-corrected chi connectivity index (χ3v) is 4.91. The Hall–Kier alpha value is -1.66. The first-order valence-corrected chi connectivity index (χ1v) is 9.10. The lowest BCUT2D eigenvalue weighted by molar-refractivity contribution is -0.121. The minimum atomic E-state index is 0.134.